The van der Waals surface area contributed by atoms with Crippen LogP contribution >= 0.6 is 11.6 Å². The van der Waals surface area contributed by atoms with Gasteiger partial charge in [-0.25, -0.2) is 9.59 Å². The minimum absolute atomic E-state index is 0.114. The van der Waals surface area contributed by atoms with Crippen LogP contribution in [-0.4, -0.2) is 55.1 Å². The van der Waals surface area contributed by atoms with Crippen LogP contribution in [0.1, 0.15) is 38.2 Å². The lowest BCUT2D eigenvalue weighted by atomic mass is 10.0. The van der Waals surface area contributed by atoms with Crippen LogP contribution in [0.15, 0.2) is 17.7 Å². The first kappa shape index (κ1) is 22.6. The number of barbiturate groups is 1. The van der Waals surface area contributed by atoms with Crippen molar-refractivity contribution >= 4 is 41.5 Å². The van der Waals surface area contributed by atoms with Gasteiger partial charge in [0.1, 0.15) is 5.57 Å². The Morgan fingerprint density at radius 2 is 1.97 bits per heavy atom. The fourth-order valence-electron chi connectivity index (χ4n) is 3.63. The van der Waals surface area contributed by atoms with Crippen LogP contribution < -0.4 is 14.8 Å². The Labute approximate surface area is 184 Å². The van der Waals surface area contributed by atoms with Gasteiger partial charge in [-0.3, -0.25) is 19.8 Å². The molecule has 166 valence electrons. The molecule has 0 spiro atoms. The molecule has 1 saturated heterocycles. The number of nitrogens with one attached hydrogen (secondary N) is 1. The molecule has 0 radical (unpaired) electrons. The van der Waals surface area contributed by atoms with E-state index in [1.807, 2.05) is 0 Å². The summed E-state index contributed by atoms with van der Waals surface area (Å²) in [5, 5.41) is 2.34. The van der Waals surface area contributed by atoms with Crippen molar-refractivity contribution in [2.24, 2.45) is 0 Å². The number of hydrogen-bond acceptors (Lipinski definition) is 7. The van der Waals surface area contributed by atoms with Gasteiger partial charge in [-0.2, -0.15) is 0 Å². The number of halogens is 1. The number of benzene rings is 1. The highest BCUT2D eigenvalue weighted by molar-refractivity contribution is 6.33. The highest BCUT2D eigenvalue weighted by Gasteiger charge is 2.40. The van der Waals surface area contributed by atoms with Crippen molar-refractivity contribution in [2.75, 3.05) is 20.3 Å². The lowest BCUT2D eigenvalue weighted by molar-refractivity contribution is -0.145. The van der Waals surface area contributed by atoms with E-state index < -0.39 is 23.8 Å². The summed E-state index contributed by atoms with van der Waals surface area (Å²) in [6.07, 6.45) is 4.62. The van der Waals surface area contributed by atoms with E-state index in [0.29, 0.717) is 18.4 Å². The quantitative estimate of drug-likeness (QED) is 0.386. The van der Waals surface area contributed by atoms with Gasteiger partial charge in [-0.1, -0.05) is 24.4 Å². The number of esters is 1. The second-order valence-corrected chi connectivity index (χ2v) is 7.47. The number of hydrogen-bond donors (Lipinski definition) is 1. The van der Waals surface area contributed by atoms with E-state index in [1.165, 1.54) is 25.3 Å². The zero-order chi connectivity index (χ0) is 22.5. The summed E-state index contributed by atoms with van der Waals surface area (Å²) in [6.45, 7) is 1.54. The summed E-state index contributed by atoms with van der Waals surface area (Å²) in [5.41, 5.74) is 0.217. The van der Waals surface area contributed by atoms with Crippen molar-refractivity contribution < 1.29 is 33.4 Å². The van der Waals surface area contributed by atoms with E-state index in [2.05, 4.69) is 5.32 Å². The first-order valence-corrected chi connectivity index (χ1v) is 10.3. The second kappa shape index (κ2) is 9.82. The first-order chi connectivity index (χ1) is 14.8. The number of amides is 4. The molecule has 4 amide bonds. The molecular formula is C21H23ClN2O7. The normalized spacial score (nSPS) is 18.4. The largest absolute Gasteiger partial charge is 0.493 e. The molecule has 10 heteroatoms. The van der Waals surface area contributed by atoms with Crippen LogP contribution in [0.5, 0.6) is 11.5 Å². The van der Waals surface area contributed by atoms with Crippen LogP contribution in [0, 0.1) is 0 Å². The average molecular weight is 451 g/mol. The summed E-state index contributed by atoms with van der Waals surface area (Å²) in [6, 6.07) is 2.06. The third-order valence-electron chi connectivity index (χ3n) is 5.03. The van der Waals surface area contributed by atoms with Crippen molar-refractivity contribution in [2.45, 2.75) is 38.6 Å². The molecule has 1 aliphatic heterocycles. The average Bonchev–Trinajstić information content (AvgIpc) is 3.24. The number of rotatable bonds is 7. The third-order valence-corrected chi connectivity index (χ3v) is 5.31. The Kier molecular flexibility index (Phi) is 7.17. The number of methoxy groups -OCH3 is 1. The molecule has 9 nitrogen and oxygen atoms in total. The zero-order valence-corrected chi connectivity index (χ0v) is 18.0. The molecule has 1 aliphatic carbocycles. The predicted molar refractivity (Wildman–Crippen MR) is 111 cm³/mol. The summed E-state index contributed by atoms with van der Waals surface area (Å²) >= 11 is 6.28. The summed E-state index contributed by atoms with van der Waals surface area (Å²) in [4.78, 5) is 50.1. The van der Waals surface area contributed by atoms with Gasteiger partial charge in [0.05, 0.1) is 18.7 Å². The molecule has 0 bridgehead atoms. The fraction of sp³-hybridized carbons (Fsp3) is 0.429. The van der Waals surface area contributed by atoms with Gasteiger partial charge in [0, 0.05) is 6.04 Å². The smallest absolute Gasteiger partial charge is 0.344 e. The van der Waals surface area contributed by atoms with E-state index in [4.69, 9.17) is 25.8 Å². The lowest BCUT2D eigenvalue weighted by Crippen LogP contribution is -2.57. The topological polar surface area (TPSA) is 111 Å². The Morgan fingerprint density at radius 3 is 2.61 bits per heavy atom. The van der Waals surface area contributed by atoms with Gasteiger partial charge < -0.3 is 14.2 Å². The maximum Gasteiger partial charge on any atom is 0.344 e. The van der Waals surface area contributed by atoms with Crippen molar-refractivity contribution in [3.05, 3.63) is 28.3 Å². The maximum absolute atomic E-state index is 12.9. The number of nitrogens with zero attached hydrogens (tertiary/aromatic N) is 1. The maximum atomic E-state index is 12.9. The monoisotopic (exact) mass is 450 g/mol. The predicted octanol–water partition coefficient (Wildman–Crippen LogP) is 2.69. The second-order valence-electron chi connectivity index (χ2n) is 7.06. The van der Waals surface area contributed by atoms with E-state index in [1.54, 1.807) is 6.92 Å². The number of carbonyl (C=O) groups is 4. The van der Waals surface area contributed by atoms with E-state index in [0.717, 1.165) is 17.7 Å². The number of urea groups is 1. The number of ether oxygens (including phenoxy) is 3. The molecule has 1 saturated carbocycles. The van der Waals surface area contributed by atoms with Crippen LogP contribution in [0.3, 0.4) is 0 Å². The Hall–Kier alpha value is -3.07. The number of carbonyl (C=O) groups excluding carboxylic acids is 4. The Morgan fingerprint density at radius 1 is 1.26 bits per heavy atom. The van der Waals surface area contributed by atoms with E-state index >= 15 is 0 Å². The molecule has 2 aliphatic rings. The van der Waals surface area contributed by atoms with E-state index in [-0.39, 0.29) is 41.4 Å². The van der Waals surface area contributed by atoms with Crippen LogP contribution in [-0.2, 0) is 19.1 Å². The van der Waals surface area contributed by atoms with Gasteiger partial charge in [-0.15, -0.1) is 0 Å². The summed E-state index contributed by atoms with van der Waals surface area (Å²) < 4.78 is 15.5. The van der Waals surface area contributed by atoms with Gasteiger partial charge >= 0.3 is 12.0 Å². The molecule has 0 aromatic heterocycles. The van der Waals surface area contributed by atoms with Crippen LogP contribution in [0.25, 0.3) is 6.08 Å². The SMILES string of the molecule is CCOC(=O)COc1c(Cl)cc(/C=C2\C(=O)NC(=O)N(C3CCCC3)C2=O)cc1OC. The highest BCUT2D eigenvalue weighted by Crippen LogP contribution is 2.37. The number of imide groups is 2. The minimum Gasteiger partial charge on any atom is -0.493 e. The lowest BCUT2D eigenvalue weighted by Gasteiger charge is -2.31. The van der Waals surface area contributed by atoms with Crippen molar-refractivity contribution in [3.63, 3.8) is 0 Å². The van der Waals surface area contributed by atoms with Crippen LogP contribution in [0.2, 0.25) is 5.02 Å². The van der Waals surface area contributed by atoms with Gasteiger partial charge in [0.15, 0.2) is 18.1 Å². The standard InChI is InChI=1S/C21H23ClN2O7/c1-3-30-17(25)11-31-18-15(22)9-12(10-16(18)29-2)8-14-19(26)23-21(28)24(20(14)27)13-6-4-5-7-13/h8-10,13H,3-7,11H2,1-2H3,(H,23,26,28)/b14-8+. The fourth-order valence-corrected chi connectivity index (χ4v) is 3.90. The molecule has 0 unspecified atom stereocenters. The summed E-state index contributed by atoms with van der Waals surface area (Å²) in [5.74, 6) is -1.65. The molecule has 1 aromatic rings. The highest BCUT2D eigenvalue weighted by atomic mass is 35.5. The minimum atomic E-state index is -0.776. The molecule has 1 N–H and O–H groups in total. The molecule has 31 heavy (non-hydrogen) atoms. The molecule has 1 aromatic carbocycles. The Bertz CT molecular complexity index is 938. The van der Waals surface area contributed by atoms with Crippen molar-refractivity contribution in [3.8, 4) is 11.5 Å². The zero-order valence-electron chi connectivity index (χ0n) is 17.2. The van der Waals surface area contributed by atoms with Crippen molar-refractivity contribution in [1.29, 1.82) is 0 Å². The van der Waals surface area contributed by atoms with Gasteiger partial charge in [-0.05, 0) is 43.5 Å². The van der Waals surface area contributed by atoms with Crippen molar-refractivity contribution in [1.82, 2.24) is 10.2 Å². The molecule has 1 heterocycles. The molecule has 2 fully saturated rings. The molecule has 0 atom stereocenters. The Balaban J connectivity index is 1.88. The van der Waals surface area contributed by atoms with Crippen LogP contribution in [0.4, 0.5) is 4.79 Å². The third kappa shape index (κ3) is 4.99. The van der Waals surface area contributed by atoms with Gasteiger partial charge in [0.25, 0.3) is 11.8 Å². The first-order valence-electron chi connectivity index (χ1n) is 9.92. The van der Waals surface area contributed by atoms with E-state index in [9.17, 15) is 19.2 Å². The van der Waals surface area contributed by atoms with Gasteiger partial charge in [0.2, 0.25) is 0 Å². The molecular weight excluding hydrogens is 428 g/mol. The molecule has 3 rings (SSSR count). The summed E-state index contributed by atoms with van der Waals surface area (Å²) in [7, 11) is 1.39.